The first-order valence-electron chi connectivity index (χ1n) is 24.2. The van der Waals surface area contributed by atoms with Crippen LogP contribution in [0.5, 0.6) is 0 Å². The first-order valence-corrected chi connectivity index (χ1v) is 24.2. The van der Waals surface area contributed by atoms with Gasteiger partial charge in [-0.25, -0.2) is 33.4 Å². The molecule has 2 bridgehead atoms. The Balaban J connectivity index is 1.33. The molecule has 5 heterocycles. The third kappa shape index (κ3) is 14.1. The number of piperazine rings is 1. The van der Waals surface area contributed by atoms with Crippen molar-refractivity contribution in [2.24, 2.45) is 21.6 Å². The molecular formula is C50H60F10N10O8. The molecule has 7 N–H and O–H groups in total. The fourth-order valence-electron chi connectivity index (χ4n) is 9.15. The van der Waals surface area contributed by atoms with Crippen molar-refractivity contribution >= 4 is 41.7 Å². The maximum atomic E-state index is 15.9. The lowest BCUT2D eigenvalue weighted by Crippen LogP contribution is -2.74. The first-order chi connectivity index (χ1) is 36.4. The van der Waals surface area contributed by atoms with Gasteiger partial charge < -0.3 is 45.9 Å². The van der Waals surface area contributed by atoms with Crippen LogP contribution in [0.15, 0.2) is 65.8 Å². The number of alkyl halides is 8. The third-order valence-electron chi connectivity index (χ3n) is 14.2. The fourth-order valence-corrected chi connectivity index (χ4v) is 9.15. The van der Waals surface area contributed by atoms with E-state index in [1.165, 1.54) is 0 Å². The molecule has 28 heteroatoms. The Morgan fingerprint density at radius 1 is 0.833 bits per heavy atom. The van der Waals surface area contributed by atoms with E-state index in [1.807, 2.05) is 22.9 Å². The van der Waals surface area contributed by atoms with Crippen LogP contribution in [0.4, 0.5) is 59.3 Å². The summed E-state index contributed by atoms with van der Waals surface area (Å²) in [4.78, 5) is 65.0. The van der Waals surface area contributed by atoms with Gasteiger partial charge in [0.05, 0.1) is 56.5 Å². The van der Waals surface area contributed by atoms with Gasteiger partial charge in [-0.05, 0) is 82.0 Å². The normalized spacial score (nSPS) is 19.1. The number of amides is 4. The summed E-state index contributed by atoms with van der Waals surface area (Å²) in [5.74, 6) is -5.32. The molecule has 1 aromatic heterocycles. The van der Waals surface area contributed by atoms with Crippen molar-refractivity contribution in [3.05, 3.63) is 89.1 Å². The lowest BCUT2D eigenvalue weighted by molar-refractivity contribution is -0.221. The Kier molecular flexibility index (Phi) is 19.0. The number of hydrogen-bond acceptors (Lipinski definition) is 14. The summed E-state index contributed by atoms with van der Waals surface area (Å²) in [6.45, 7) is -0.0867. The fraction of sp³-hybridized carbons (Fsp3) is 0.520. The van der Waals surface area contributed by atoms with Crippen LogP contribution in [-0.2, 0) is 36.8 Å². The Labute approximate surface area is 441 Å². The highest BCUT2D eigenvalue weighted by molar-refractivity contribution is 5.87. The Morgan fingerprint density at radius 2 is 1.37 bits per heavy atom. The predicted molar refractivity (Wildman–Crippen MR) is 262 cm³/mol. The number of piperidine rings is 1. The number of aromatic nitrogens is 1. The van der Waals surface area contributed by atoms with Crippen LogP contribution in [0.2, 0.25) is 0 Å². The number of nitrogens with one attached hydrogen (secondary N) is 4. The quantitative estimate of drug-likeness (QED) is 0.0320. The van der Waals surface area contributed by atoms with Crippen LogP contribution in [0.25, 0.3) is 16.8 Å². The number of hydrogen-bond donors (Lipinski definition) is 6. The van der Waals surface area contributed by atoms with Gasteiger partial charge in [0.15, 0.2) is 0 Å². The largest absolute Gasteiger partial charge is 0.453 e. The number of methoxy groups -OCH3 is 2. The smallest absolute Gasteiger partial charge is 0.407 e. The van der Waals surface area contributed by atoms with Crippen molar-refractivity contribution in [1.82, 2.24) is 36.3 Å². The molecule has 4 fully saturated rings. The predicted octanol–water partition coefficient (Wildman–Crippen LogP) is 5.83. The van der Waals surface area contributed by atoms with E-state index >= 15 is 8.78 Å². The standard InChI is InChI=1S/C50H60F10N10O8/c1-47(2,49(55,56)57)40(65-45(74)76-5)42(72)64-37(15-26-7-9-27(10-8-26)28-11-12-39(63-19-28)68-20-30-18-31(21-68)70(30)32-24-78-25-32)38(71)23-69(67-43(73)41(66-46(75)77-6)48(3,4)50(58,59)60)22-33-34(51)16-29(17-35(33)52)36(61)13-14-62-44(53)54/h7-14,16-17,19,30-32,37-38,40-41,44,71H,15,18,20-25,61H2,1-6H3,(H,64,72)(H,65,74)(H,66,75)(H,67,73)/t30?,31?,37-,38-,40+,41+/m0/s1. The van der Waals surface area contributed by atoms with Gasteiger partial charge in [-0.15, -0.1) is 0 Å². The van der Waals surface area contributed by atoms with Crippen molar-refractivity contribution in [3.8, 4) is 11.1 Å². The number of rotatable bonds is 21. The second-order valence-corrected chi connectivity index (χ2v) is 20.1. The van der Waals surface area contributed by atoms with Gasteiger partial charge in [0.25, 0.3) is 5.91 Å². The highest BCUT2D eigenvalue weighted by atomic mass is 19.4. The van der Waals surface area contributed by atoms with E-state index in [2.05, 4.69) is 29.6 Å². The zero-order valence-corrected chi connectivity index (χ0v) is 43.0. The first kappa shape index (κ1) is 60.4. The van der Waals surface area contributed by atoms with Gasteiger partial charge >= 0.3 is 31.1 Å². The number of carbonyl (C=O) groups excluding carboxylic acids is 4. The number of anilines is 1. The molecule has 4 aliphatic heterocycles. The minimum atomic E-state index is -5.23. The number of nitrogens with two attached hydrogens (primary N) is 1. The number of hydrazine groups is 1. The number of carbonyl (C=O) groups is 4. The summed E-state index contributed by atoms with van der Waals surface area (Å²) in [5, 5.41) is 18.5. The van der Waals surface area contributed by atoms with Gasteiger partial charge in [-0.3, -0.25) is 19.9 Å². The number of allylic oxidation sites excluding steroid dienone is 1. The summed E-state index contributed by atoms with van der Waals surface area (Å²) in [6.07, 6.45) is -11.8. The zero-order valence-electron chi connectivity index (χ0n) is 43.0. The molecule has 18 nitrogen and oxygen atoms in total. The van der Waals surface area contributed by atoms with E-state index in [4.69, 9.17) is 15.5 Å². The topological polar surface area (TPSA) is 225 Å². The maximum absolute atomic E-state index is 15.9. The van der Waals surface area contributed by atoms with Crippen molar-refractivity contribution < 1.29 is 82.4 Å². The molecule has 0 spiro atoms. The maximum Gasteiger partial charge on any atom is 0.407 e. The van der Waals surface area contributed by atoms with Gasteiger partial charge in [0.1, 0.15) is 29.5 Å². The van der Waals surface area contributed by atoms with Gasteiger partial charge in [0.2, 0.25) is 5.91 Å². The molecule has 2 aromatic carbocycles. The van der Waals surface area contributed by atoms with E-state index in [1.54, 1.807) is 35.8 Å². The molecule has 0 saturated carbocycles. The van der Waals surface area contributed by atoms with E-state index in [0.29, 0.717) is 85.9 Å². The molecule has 4 saturated heterocycles. The number of alkyl carbamates (subject to hydrolysis) is 2. The van der Waals surface area contributed by atoms with Crippen LogP contribution >= 0.6 is 0 Å². The highest BCUT2D eigenvalue weighted by Crippen LogP contribution is 2.42. The minimum absolute atomic E-state index is 0.302. The Morgan fingerprint density at radius 3 is 1.85 bits per heavy atom. The number of nitrogens with zero attached hydrogens (tertiary/aromatic N) is 5. The van der Waals surface area contributed by atoms with E-state index < -0.39 is 126 Å². The van der Waals surface area contributed by atoms with Crippen molar-refractivity contribution in [1.29, 1.82) is 0 Å². The van der Waals surface area contributed by atoms with Crippen molar-refractivity contribution in [2.75, 3.05) is 52.0 Å². The number of aliphatic hydroxyl groups is 1. The van der Waals surface area contributed by atoms with E-state index in [9.17, 15) is 59.4 Å². The molecule has 4 amide bonds. The van der Waals surface area contributed by atoms with Crippen LogP contribution in [0, 0.1) is 22.5 Å². The number of benzene rings is 2. The van der Waals surface area contributed by atoms with E-state index in [-0.39, 0.29) is 0 Å². The lowest BCUT2D eigenvalue weighted by atomic mass is 9.82. The second kappa shape index (κ2) is 24.5. The monoisotopic (exact) mass is 1120 g/mol. The molecule has 0 radical (unpaired) electrons. The number of aliphatic hydroxyl groups excluding tert-OH is 1. The lowest BCUT2D eigenvalue weighted by Gasteiger charge is -2.60. The molecule has 428 valence electrons. The third-order valence-corrected chi connectivity index (χ3v) is 14.2. The molecule has 0 aliphatic carbocycles. The van der Waals surface area contributed by atoms with Gasteiger partial charge in [-0.1, -0.05) is 24.3 Å². The zero-order chi connectivity index (χ0) is 57.7. The Bertz CT molecular complexity index is 2640. The summed E-state index contributed by atoms with van der Waals surface area (Å²) < 4.78 is 159. The van der Waals surface area contributed by atoms with Crippen molar-refractivity contribution in [2.45, 2.75) is 108 Å². The van der Waals surface area contributed by atoms with E-state index in [0.717, 1.165) is 58.8 Å². The summed E-state index contributed by atoms with van der Waals surface area (Å²) >= 11 is 0. The molecule has 78 heavy (non-hydrogen) atoms. The number of ether oxygens (including phenoxy) is 3. The number of pyridine rings is 1. The molecule has 7 rings (SSSR count). The molecule has 6 atom stereocenters. The number of fused-ring (bicyclic) bond motifs is 2. The Hall–Kier alpha value is -6.78. The molecular weight excluding hydrogens is 1060 g/mol. The van der Waals surface area contributed by atoms with Crippen LogP contribution in [-0.4, -0.2) is 159 Å². The number of halogens is 10. The molecule has 2 unspecified atom stereocenters. The minimum Gasteiger partial charge on any atom is -0.453 e. The summed E-state index contributed by atoms with van der Waals surface area (Å²) in [7, 11) is 1.60. The SMILES string of the molecule is COC(=O)N[C@H](C(=O)N[C@@H](Cc1ccc(-c2ccc(N3CC4CC(C3)N4C3COC3)nc2)cc1)[C@@H](O)CN(Cc1c(F)cc(C(N)=CC=NC(F)F)cc1F)NC(=O)[C@@H](NC(=O)OC)C(C)(C)C(F)(F)F)C(C)(C)C(F)(F)F. The molecule has 4 aliphatic rings. The highest BCUT2D eigenvalue weighted by Gasteiger charge is 2.57. The molecule has 3 aromatic rings. The van der Waals surface area contributed by atoms with Crippen molar-refractivity contribution in [3.63, 3.8) is 0 Å². The summed E-state index contributed by atoms with van der Waals surface area (Å²) in [6, 6.07) is 5.84. The second-order valence-electron chi connectivity index (χ2n) is 20.1. The summed E-state index contributed by atoms with van der Waals surface area (Å²) in [5.41, 5.74) is 1.52. The average molecular weight is 1120 g/mol. The van der Waals surface area contributed by atoms with Crippen LogP contribution in [0.3, 0.4) is 0 Å². The van der Waals surface area contributed by atoms with Crippen LogP contribution in [0.1, 0.15) is 50.8 Å². The van der Waals surface area contributed by atoms with Crippen LogP contribution < -0.4 is 32.0 Å². The van der Waals surface area contributed by atoms with Gasteiger partial charge in [0, 0.05) is 73.1 Å². The number of aliphatic imine (C=N–C) groups is 1. The van der Waals surface area contributed by atoms with Gasteiger partial charge in [-0.2, -0.15) is 35.1 Å². The average Bonchev–Trinajstić information content (AvgIpc) is 3.55.